The highest BCUT2D eigenvalue weighted by Crippen LogP contribution is 2.05. The maximum absolute atomic E-state index is 11.8. The van der Waals surface area contributed by atoms with Crippen LogP contribution in [0.5, 0.6) is 0 Å². The highest BCUT2D eigenvalue weighted by Gasteiger charge is 2.05. The molecule has 0 spiro atoms. The Morgan fingerprint density at radius 3 is 2.76 bits per heavy atom. The van der Waals surface area contributed by atoms with Gasteiger partial charge in [0.2, 0.25) is 0 Å². The Bertz CT molecular complexity index is 476. The van der Waals surface area contributed by atoms with E-state index in [4.69, 9.17) is 0 Å². The standard InChI is InChI=1S/C15H24N4OS/c1-4-17-14(20)13-7-5-6-12(10-13)11-19-15(16-2)18-8-9-21-3/h5-7,10H,4,8-9,11H2,1-3H3,(H,17,20)(H2,16,18,19). The molecule has 0 heterocycles. The summed E-state index contributed by atoms with van der Waals surface area (Å²) in [7, 11) is 1.75. The zero-order valence-electron chi connectivity index (χ0n) is 12.9. The number of rotatable bonds is 7. The predicted molar refractivity (Wildman–Crippen MR) is 91.0 cm³/mol. The van der Waals surface area contributed by atoms with E-state index in [1.807, 2.05) is 31.2 Å². The summed E-state index contributed by atoms with van der Waals surface area (Å²) in [4.78, 5) is 16.0. The molecule has 1 aromatic rings. The molecule has 0 aromatic heterocycles. The van der Waals surface area contributed by atoms with Crippen LogP contribution in [0.2, 0.25) is 0 Å². The van der Waals surface area contributed by atoms with Gasteiger partial charge in [0, 0.05) is 38.0 Å². The van der Waals surface area contributed by atoms with Gasteiger partial charge < -0.3 is 16.0 Å². The smallest absolute Gasteiger partial charge is 0.251 e. The minimum atomic E-state index is -0.0400. The van der Waals surface area contributed by atoms with Crippen molar-refractivity contribution in [3.63, 3.8) is 0 Å². The number of amides is 1. The lowest BCUT2D eigenvalue weighted by atomic mass is 10.1. The average Bonchev–Trinajstić information content (AvgIpc) is 2.51. The lowest BCUT2D eigenvalue weighted by Crippen LogP contribution is -2.38. The monoisotopic (exact) mass is 308 g/mol. The first kappa shape index (κ1) is 17.4. The molecule has 1 amide bonds. The fraction of sp³-hybridized carbons (Fsp3) is 0.467. The summed E-state index contributed by atoms with van der Waals surface area (Å²) >= 11 is 1.79. The number of hydrogen-bond donors (Lipinski definition) is 3. The second kappa shape index (κ2) is 10.1. The van der Waals surface area contributed by atoms with Crippen LogP contribution in [0.15, 0.2) is 29.3 Å². The average molecular weight is 308 g/mol. The summed E-state index contributed by atoms with van der Waals surface area (Å²) in [6.07, 6.45) is 2.07. The number of carbonyl (C=O) groups excluding carboxylic acids is 1. The van der Waals surface area contributed by atoms with Gasteiger partial charge in [0.05, 0.1) is 0 Å². The maximum Gasteiger partial charge on any atom is 0.251 e. The van der Waals surface area contributed by atoms with Crippen molar-refractivity contribution in [1.29, 1.82) is 0 Å². The first-order valence-electron chi connectivity index (χ1n) is 7.01. The molecule has 0 unspecified atom stereocenters. The lowest BCUT2D eigenvalue weighted by molar-refractivity contribution is 0.0955. The molecule has 0 fully saturated rings. The van der Waals surface area contributed by atoms with Crippen molar-refractivity contribution < 1.29 is 4.79 Å². The van der Waals surface area contributed by atoms with Crippen LogP contribution in [0.25, 0.3) is 0 Å². The van der Waals surface area contributed by atoms with Gasteiger partial charge in [-0.05, 0) is 30.9 Å². The van der Waals surface area contributed by atoms with Gasteiger partial charge in [0.15, 0.2) is 5.96 Å². The number of aliphatic imine (C=N–C) groups is 1. The summed E-state index contributed by atoms with van der Waals surface area (Å²) < 4.78 is 0. The van der Waals surface area contributed by atoms with Crippen LogP contribution in [-0.2, 0) is 6.54 Å². The third-order valence-electron chi connectivity index (χ3n) is 2.81. The molecule has 116 valence electrons. The Balaban J connectivity index is 2.54. The van der Waals surface area contributed by atoms with E-state index >= 15 is 0 Å². The first-order valence-corrected chi connectivity index (χ1v) is 8.41. The van der Waals surface area contributed by atoms with Crippen LogP contribution in [0.4, 0.5) is 0 Å². The zero-order valence-corrected chi connectivity index (χ0v) is 13.7. The maximum atomic E-state index is 11.8. The number of thioether (sulfide) groups is 1. The van der Waals surface area contributed by atoms with E-state index < -0.39 is 0 Å². The summed E-state index contributed by atoms with van der Waals surface area (Å²) in [5.74, 6) is 1.77. The lowest BCUT2D eigenvalue weighted by Gasteiger charge is -2.12. The van der Waals surface area contributed by atoms with Crippen LogP contribution < -0.4 is 16.0 Å². The molecule has 0 bridgehead atoms. The summed E-state index contributed by atoms with van der Waals surface area (Å²) in [5, 5.41) is 9.28. The summed E-state index contributed by atoms with van der Waals surface area (Å²) in [6.45, 7) is 4.05. The molecule has 0 aliphatic rings. The number of carbonyl (C=O) groups is 1. The number of benzene rings is 1. The molecule has 0 atom stereocenters. The topological polar surface area (TPSA) is 65.5 Å². The van der Waals surface area contributed by atoms with Crippen molar-refractivity contribution in [3.8, 4) is 0 Å². The highest BCUT2D eigenvalue weighted by atomic mass is 32.2. The third kappa shape index (κ3) is 6.53. The molecular weight excluding hydrogens is 284 g/mol. The Kier molecular flexibility index (Phi) is 8.35. The van der Waals surface area contributed by atoms with E-state index in [1.165, 1.54) is 0 Å². The van der Waals surface area contributed by atoms with Gasteiger partial charge in [-0.1, -0.05) is 12.1 Å². The van der Waals surface area contributed by atoms with Crippen molar-refractivity contribution in [2.75, 3.05) is 32.1 Å². The van der Waals surface area contributed by atoms with Gasteiger partial charge in [-0.25, -0.2) is 0 Å². The molecule has 3 N–H and O–H groups in total. The van der Waals surface area contributed by atoms with Crippen LogP contribution in [0.1, 0.15) is 22.8 Å². The van der Waals surface area contributed by atoms with Crippen LogP contribution in [-0.4, -0.2) is 44.0 Å². The Hall–Kier alpha value is -1.69. The summed E-state index contributed by atoms with van der Waals surface area (Å²) in [6, 6.07) is 7.60. The molecular formula is C15H24N4OS. The molecule has 21 heavy (non-hydrogen) atoms. The number of guanidine groups is 1. The van der Waals surface area contributed by atoms with E-state index in [2.05, 4.69) is 27.2 Å². The molecule has 1 rings (SSSR count). The molecule has 5 nitrogen and oxygen atoms in total. The van der Waals surface area contributed by atoms with Crippen molar-refractivity contribution in [1.82, 2.24) is 16.0 Å². The molecule has 0 aliphatic heterocycles. The Morgan fingerprint density at radius 2 is 2.10 bits per heavy atom. The number of hydrogen-bond acceptors (Lipinski definition) is 3. The van der Waals surface area contributed by atoms with E-state index in [0.29, 0.717) is 18.7 Å². The second-order valence-electron chi connectivity index (χ2n) is 4.41. The number of nitrogens with zero attached hydrogens (tertiary/aromatic N) is 1. The van der Waals surface area contributed by atoms with Gasteiger partial charge in [-0.15, -0.1) is 0 Å². The molecule has 6 heteroatoms. The predicted octanol–water partition coefficient (Wildman–Crippen LogP) is 1.46. The van der Waals surface area contributed by atoms with Crippen molar-refractivity contribution in [2.45, 2.75) is 13.5 Å². The minimum absolute atomic E-state index is 0.0400. The first-order chi connectivity index (χ1) is 10.2. The van der Waals surface area contributed by atoms with Gasteiger partial charge in [-0.3, -0.25) is 9.79 Å². The zero-order chi connectivity index (χ0) is 15.5. The molecule has 0 saturated carbocycles. The molecule has 0 radical (unpaired) electrons. The van der Waals surface area contributed by atoms with E-state index in [0.717, 1.165) is 23.8 Å². The quantitative estimate of drug-likeness (QED) is 0.405. The second-order valence-corrected chi connectivity index (χ2v) is 5.39. The van der Waals surface area contributed by atoms with Crippen LogP contribution in [0, 0.1) is 0 Å². The van der Waals surface area contributed by atoms with Crippen molar-refractivity contribution in [3.05, 3.63) is 35.4 Å². The Labute approximate surface area is 131 Å². The van der Waals surface area contributed by atoms with Gasteiger partial charge in [-0.2, -0.15) is 11.8 Å². The van der Waals surface area contributed by atoms with Crippen molar-refractivity contribution >= 4 is 23.6 Å². The molecule has 0 aliphatic carbocycles. The summed E-state index contributed by atoms with van der Waals surface area (Å²) in [5.41, 5.74) is 1.73. The molecule has 1 aromatic carbocycles. The van der Waals surface area contributed by atoms with Gasteiger partial charge in [0.1, 0.15) is 0 Å². The SMILES string of the molecule is CCNC(=O)c1cccc(CNC(=NC)NCCSC)c1. The van der Waals surface area contributed by atoms with Crippen molar-refractivity contribution in [2.24, 2.45) is 4.99 Å². The fourth-order valence-corrected chi connectivity index (χ4v) is 2.07. The van der Waals surface area contributed by atoms with E-state index in [9.17, 15) is 4.79 Å². The third-order valence-corrected chi connectivity index (χ3v) is 3.42. The van der Waals surface area contributed by atoms with Crippen LogP contribution in [0.3, 0.4) is 0 Å². The molecule has 0 saturated heterocycles. The highest BCUT2D eigenvalue weighted by molar-refractivity contribution is 7.98. The minimum Gasteiger partial charge on any atom is -0.356 e. The Morgan fingerprint density at radius 1 is 1.29 bits per heavy atom. The fourth-order valence-electron chi connectivity index (χ4n) is 1.76. The van der Waals surface area contributed by atoms with Crippen LogP contribution >= 0.6 is 11.8 Å². The van der Waals surface area contributed by atoms with E-state index in [1.54, 1.807) is 18.8 Å². The number of nitrogens with one attached hydrogen (secondary N) is 3. The van der Waals surface area contributed by atoms with E-state index in [-0.39, 0.29) is 5.91 Å². The largest absolute Gasteiger partial charge is 0.356 e. The van der Waals surface area contributed by atoms with Gasteiger partial charge in [0.25, 0.3) is 5.91 Å². The normalized spacial score (nSPS) is 11.1. The van der Waals surface area contributed by atoms with Gasteiger partial charge >= 0.3 is 0 Å².